The molecular formula is C20H24N2O2. The maximum Gasteiger partial charge on any atom is 0.314 e. The summed E-state index contributed by atoms with van der Waals surface area (Å²) in [5.74, 6) is 1.25. The molecule has 1 aromatic carbocycles. The summed E-state index contributed by atoms with van der Waals surface area (Å²) in [6, 6.07) is 6.32. The topological polar surface area (TPSA) is 56.3 Å². The molecule has 2 N–H and O–H groups in total. The first-order valence-electron chi connectivity index (χ1n) is 9.34. The summed E-state index contributed by atoms with van der Waals surface area (Å²) in [6.07, 6.45) is 7.16. The highest BCUT2D eigenvalue weighted by Gasteiger charge is 2.43. The van der Waals surface area contributed by atoms with E-state index in [-0.39, 0.29) is 0 Å². The predicted molar refractivity (Wildman–Crippen MR) is 94.9 cm³/mol. The van der Waals surface area contributed by atoms with Crippen LogP contribution in [0.1, 0.15) is 62.0 Å². The number of rotatable bonds is 2. The van der Waals surface area contributed by atoms with Crippen molar-refractivity contribution in [2.24, 2.45) is 0 Å². The number of carbonyl (C=O) groups is 1. The summed E-state index contributed by atoms with van der Waals surface area (Å²) >= 11 is 0. The summed E-state index contributed by atoms with van der Waals surface area (Å²) in [4.78, 5) is 18.4. The van der Waals surface area contributed by atoms with E-state index in [0.717, 1.165) is 56.3 Å². The number of fused-ring (bicyclic) bond motifs is 3. The number of piperidine rings is 1. The van der Waals surface area contributed by atoms with Crippen molar-refractivity contribution in [2.75, 3.05) is 18.0 Å². The highest BCUT2D eigenvalue weighted by atomic mass is 16.4. The van der Waals surface area contributed by atoms with Crippen LogP contribution in [0, 0.1) is 0 Å². The Morgan fingerprint density at radius 3 is 2.62 bits per heavy atom. The Labute approximate surface area is 141 Å². The first-order chi connectivity index (χ1) is 11.7. The second kappa shape index (κ2) is 5.01. The first-order valence-corrected chi connectivity index (χ1v) is 9.34. The average molecular weight is 324 g/mol. The molecule has 0 amide bonds. The minimum atomic E-state index is -0.709. The van der Waals surface area contributed by atoms with Crippen LogP contribution in [0.5, 0.6) is 0 Å². The Morgan fingerprint density at radius 1 is 1.17 bits per heavy atom. The lowest BCUT2D eigenvalue weighted by Crippen LogP contribution is -2.38. The van der Waals surface area contributed by atoms with Gasteiger partial charge in [-0.1, -0.05) is 37.5 Å². The predicted octanol–water partition coefficient (Wildman–Crippen LogP) is 4.15. The quantitative estimate of drug-likeness (QED) is 0.872. The largest absolute Gasteiger partial charge is 0.481 e. The molecule has 0 atom stereocenters. The maximum absolute atomic E-state index is 12.3. The number of nitrogens with one attached hydrogen (secondary N) is 1. The van der Waals surface area contributed by atoms with Crippen LogP contribution < -0.4 is 4.90 Å². The molecule has 1 aliphatic carbocycles. The number of aromatic nitrogens is 1. The van der Waals surface area contributed by atoms with Gasteiger partial charge in [0.05, 0.1) is 10.9 Å². The average Bonchev–Trinajstić information content (AvgIpc) is 3.05. The van der Waals surface area contributed by atoms with Crippen LogP contribution in [0.2, 0.25) is 0 Å². The van der Waals surface area contributed by atoms with E-state index in [1.807, 2.05) is 0 Å². The van der Waals surface area contributed by atoms with Crippen molar-refractivity contribution in [3.8, 4) is 0 Å². The Bertz CT molecular complexity index is 808. The molecule has 0 radical (unpaired) electrons. The molecule has 4 heterocycles. The van der Waals surface area contributed by atoms with Gasteiger partial charge in [-0.25, -0.2) is 0 Å². The monoisotopic (exact) mass is 324 g/mol. The van der Waals surface area contributed by atoms with Crippen molar-refractivity contribution in [3.05, 3.63) is 29.3 Å². The second-order valence-corrected chi connectivity index (χ2v) is 7.82. The van der Waals surface area contributed by atoms with Gasteiger partial charge in [-0.15, -0.1) is 0 Å². The third-order valence-electron chi connectivity index (χ3n) is 6.70. The fourth-order valence-corrected chi connectivity index (χ4v) is 5.43. The van der Waals surface area contributed by atoms with Gasteiger partial charge in [-0.05, 0) is 37.2 Å². The van der Waals surface area contributed by atoms with Gasteiger partial charge in [-0.2, -0.15) is 0 Å². The summed E-state index contributed by atoms with van der Waals surface area (Å²) in [6.45, 7) is 2.26. The third kappa shape index (κ3) is 1.77. The normalized spacial score (nSPS) is 22.8. The molecule has 0 unspecified atom stereocenters. The van der Waals surface area contributed by atoms with Crippen molar-refractivity contribution >= 4 is 22.7 Å². The molecule has 24 heavy (non-hydrogen) atoms. The molecule has 2 aromatic rings. The van der Waals surface area contributed by atoms with Crippen molar-refractivity contribution in [1.82, 2.24) is 4.98 Å². The molecule has 2 bridgehead atoms. The lowest BCUT2D eigenvalue weighted by Gasteiger charge is -2.40. The van der Waals surface area contributed by atoms with Crippen LogP contribution in [-0.2, 0) is 10.2 Å². The van der Waals surface area contributed by atoms with Gasteiger partial charge < -0.3 is 15.0 Å². The minimum Gasteiger partial charge on any atom is -0.481 e. The number of carboxylic acid groups (broad SMARTS) is 1. The minimum absolute atomic E-state index is 0.640. The molecular weight excluding hydrogens is 300 g/mol. The summed E-state index contributed by atoms with van der Waals surface area (Å²) in [5, 5.41) is 11.4. The summed E-state index contributed by atoms with van der Waals surface area (Å²) < 4.78 is 0. The molecule has 4 nitrogen and oxygen atoms in total. The van der Waals surface area contributed by atoms with Crippen molar-refractivity contribution in [3.63, 3.8) is 0 Å². The zero-order valence-corrected chi connectivity index (χ0v) is 14.0. The van der Waals surface area contributed by atoms with E-state index in [9.17, 15) is 9.90 Å². The lowest BCUT2D eigenvalue weighted by atomic mass is 9.69. The molecule has 4 aliphatic rings. The third-order valence-corrected chi connectivity index (χ3v) is 6.70. The van der Waals surface area contributed by atoms with E-state index in [4.69, 9.17) is 0 Å². The second-order valence-electron chi connectivity index (χ2n) is 7.82. The van der Waals surface area contributed by atoms with Crippen molar-refractivity contribution in [2.45, 2.75) is 56.3 Å². The molecule has 4 heteroatoms. The van der Waals surface area contributed by atoms with Crippen LogP contribution in [0.4, 0.5) is 5.82 Å². The number of aromatic amines is 1. The number of H-pyrrole nitrogens is 1. The molecule has 3 aliphatic heterocycles. The Hall–Kier alpha value is -1.97. The molecule has 126 valence electrons. The number of nitrogens with zero attached hydrogens (tertiary/aromatic N) is 1. The molecule has 2 fully saturated rings. The Balaban J connectivity index is 1.76. The van der Waals surface area contributed by atoms with Crippen LogP contribution in [0.3, 0.4) is 0 Å². The number of hydrogen-bond acceptors (Lipinski definition) is 2. The van der Waals surface area contributed by atoms with Gasteiger partial charge in [0.1, 0.15) is 5.82 Å². The van der Waals surface area contributed by atoms with Crippen LogP contribution in [-0.4, -0.2) is 29.1 Å². The molecule has 0 spiro atoms. The molecule has 1 saturated heterocycles. The fourth-order valence-electron chi connectivity index (χ4n) is 5.43. The van der Waals surface area contributed by atoms with Gasteiger partial charge in [-0.3, -0.25) is 4.79 Å². The summed E-state index contributed by atoms with van der Waals surface area (Å²) in [5.41, 5.74) is 2.84. The van der Waals surface area contributed by atoms with Gasteiger partial charge >= 0.3 is 5.97 Å². The zero-order chi connectivity index (χ0) is 16.3. The summed E-state index contributed by atoms with van der Waals surface area (Å²) in [7, 11) is 0. The number of para-hydroxylation sites is 1. The number of carboxylic acids is 1. The molecule has 1 saturated carbocycles. The number of aliphatic carboxylic acids is 1. The smallest absolute Gasteiger partial charge is 0.314 e. The van der Waals surface area contributed by atoms with Crippen LogP contribution in [0.15, 0.2) is 18.2 Å². The zero-order valence-electron chi connectivity index (χ0n) is 14.0. The van der Waals surface area contributed by atoms with E-state index in [1.54, 1.807) is 0 Å². The van der Waals surface area contributed by atoms with Crippen LogP contribution >= 0.6 is 0 Å². The molecule has 1 aromatic heterocycles. The standard InChI is InChI=1S/C20H24N2O2/c23-19(24)20(9-2-1-3-10-20)15-6-4-5-14-16-13-7-11-22(12-8-13)18(16)21-17(14)15/h4-6,13,21H,1-3,7-12H2,(H,23,24). The highest BCUT2D eigenvalue weighted by Crippen LogP contribution is 2.49. The van der Waals surface area contributed by atoms with E-state index in [1.165, 1.54) is 29.6 Å². The Morgan fingerprint density at radius 2 is 1.92 bits per heavy atom. The van der Waals surface area contributed by atoms with E-state index in [2.05, 4.69) is 28.1 Å². The first kappa shape index (κ1) is 14.4. The lowest BCUT2D eigenvalue weighted by molar-refractivity contribution is -0.145. The molecule has 6 rings (SSSR count). The van der Waals surface area contributed by atoms with E-state index >= 15 is 0 Å². The Kier molecular flexibility index (Phi) is 3.00. The van der Waals surface area contributed by atoms with E-state index in [0.29, 0.717) is 5.92 Å². The van der Waals surface area contributed by atoms with Crippen molar-refractivity contribution < 1.29 is 9.90 Å². The van der Waals surface area contributed by atoms with E-state index < -0.39 is 11.4 Å². The number of hydrogen-bond donors (Lipinski definition) is 2. The highest BCUT2D eigenvalue weighted by molar-refractivity contribution is 5.97. The van der Waals surface area contributed by atoms with Crippen LogP contribution in [0.25, 0.3) is 10.9 Å². The van der Waals surface area contributed by atoms with Gasteiger partial charge in [0.25, 0.3) is 0 Å². The number of anilines is 1. The van der Waals surface area contributed by atoms with Gasteiger partial charge in [0.15, 0.2) is 0 Å². The van der Waals surface area contributed by atoms with Crippen molar-refractivity contribution in [1.29, 1.82) is 0 Å². The van der Waals surface area contributed by atoms with Gasteiger partial charge in [0.2, 0.25) is 0 Å². The maximum atomic E-state index is 12.3. The SMILES string of the molecule is O=C(O)C1(c2cccc3c4c([nH]c23)N2CCC4CC2)CCCCC1. The fraction of sp³-hybridized carbons (Fsp3) is 0.550. The van der Waals surface area contributed by atoms with Gasteiger partial charge in [0, 0.05) is 24.0 Å². The number of benzene rings is 1.